The molecule has 0 fully saturated rings. The Labute approximate surface area is 165 Å². The van der Waals surface area contributed by atoms with Gasteiger partial charge in [-0.05, 0) is 50.6 Å². The maximum absolute atomic E-state index is 13.4. The standard InChI is InChI=1S/C21H19F3N2O3/c1-12-11-16(19(27)25-15-9-7-14(8-10-15)20(28)29)13(2)26(12)18-6-4-3-5-17(18)21(22,23)24/h3-5,7-11,18H,6H2,1-2H3,(H,25,27)(H,28,29). The van der Waals surface area contributed by atoms with E-state index in [-0.39, 0.29) is 17.5 Å². The molecule has 1 unspecified atom stereocenters. The first-order chi connectivity index (χ1) is 13.6. The molecule has 8 heteroatoms. The molecule has 1 aliphatic carbocycles. The fourth-order valence-electron chi connectivity index (χ4n) is 3.53. The van der Waals surface area contributed by atoms with Gasteiger partial charge in [0.2, 0.25) is 0 Å². The summed E-state index contributed by atoms with van der Waals surface area (Å²) in [5.74, 6) is -1.56. The summed E-state index contributed by atoms with van der Waals surface area (Å²) in [5, 5.41) is 11.6. The van der Waals surface area contributed by atoms with Crippen LogP contribution in [-0.4, -0.2) is 27.7 Å². The molecule has 1 aromatic carbocycles. The molecule has 0 spiro atoms. The number of allylic oxidation sites excluding steroid dienone is 4. The lowest BCUT2D eigenvalue weighted by Gasteiger charge is -2.27. The number of carboxylic acids is 1. The van der Waals surface area contributed by atoms with E-state index in [9.17, 15) is 22.8 Å². The normalized spacial score (nSPS) is 16.4. The van der Waals surface area contributed by atoms with Crippen molar-refractivity contribution >= 4 is 17.6 Å². The Bertz CT molecular complexity index is 1020. The number of halogens is 3. The van der Waals surface area contributed by atoms with E-state index in [1.54, 1.807) is 26.0 Å². The summed E-state index contributed by atoms with van der Waals surface area (Å²) in [7, 11) is 0. The first kappa shape index (κ1) is 20.4. The van der Waals surface area contributed by atoms with Gasteiger partial charge >= 0.3 is 12.1 Å². The lowest BCUT2D eigenvalue weighted by atomic mass is 9.97. The van der Waals surface area contributed by atoms with Gasteiger partial charge in [-0.1, -0.05) is 18.2 Å². The fraction of sp³-hybridized carbons (Fsp3) is 0.238. The quantitative estimate of drug-likeness (QED) is 0.750. The SMILES string of the molecule is Cc1cc(C(=O)Nc2ccc(C(=O)O)cc2)c(C)n1C1CC=CC=C1C(F)(F)F. The van der Waals surface area contributed by atoms with Crippen LogP contribution >= 0.6 is 0 Å². The molecule has 1 amide bonds. The Morgan fingerprint density at radius 3 is 2.41 bits per heavy atom. The highest BCUT2D eigenvalue weighted by atomic mass is 19.4. The van der Waals surface area contributed by atoms with E-state index in [1.807, 2.05) is 0 Å². The van der Waals surface area contributed by atoms with Gasteiger partial charge in [-0.3, -0.25) is 4.79 Å². The third kappa shape index (κ3) is 4.11. The van der Waals surface area contributed by atoms with Gasteiger partial charge in [0.1, 0.15) is 0 Å². The summed E-state index contributed by atoms with van der Waals surface area (Å²) in [6.45, 7) is 3.28. The summed E-state index contributed by atoms with van der Waals surface area (Å²) in [6.07, 6.45) is -0.159. The van der Waals surface area contributed by atoms with Crippen LogP contribution in [0.2, 0.25) is 0 Å². The first-order valence-electron chi connectivity index (χ1n) is 8.86. The highest BCUT2D eigenvalue weighted by Crippen LogP contribution is 2.40. The van der Waals surface area contributed by atoms with Crippen LogP contribution in [0.4, 0.5) is 18.9 Å². The average Bonchev–Trinajstić information content (AvgIpc) is 2.95. The van der Waals surface area contributed by atoms with E-state index in [1.165, 1.54) is 34.9 Å². The number of rotatable bonds is 4. The number of hydrogen-bond donors (Lipinski definition) is 2. The highest BCUT2D eigenvalue weighted by molar-refractivity contribution is 6.05. The minimum atomic E-state index is -4.47. The number of benzene rings is 1. The highest BCUT2D eigenvalue weighted by Gasteiger charge is 2.40. The fourth-order valence-corrected chi connectivity index (χ4v) is 3.53. The molecule has 1 heterocycles. The van der Waals surface area contributed by atoms with Gasteiger partial charge < -0.3 is 15.0 Å². The molecule has 0 saturated carbocycles. The number of carboxylic acid groups (broad SMARTS) is 1. The van der Waals surface area contributed by atoms with E-state index in [0.29, 0.717) is 17.1 Å². The summed E-state index contributed by atoms with van der Waals surface area (Å²) >= 11 is 0. The maximum Gasteiger partial charge on any atom is 0.414 e. The van der Waals surface area contributed by atoms with Crippen molar-refractivity contribution in [3.8, 4) is 0 Å². The van der Waals surface area contributed by atoms with Gasteiger partial charge in [0, 0.05) is 17.1 Å². The topological polar surface area (TPSA) is 71.3 Å². The van der Waals surface area contributed by atoms with Crippen molar-refractivity contribution in [3.05, 3.63) is 76.6 Å². The Kier molecular flexibility index (Phi) is 5.37. The zero-order valence-electron chi connectivity index (χ0n) is 15.7. The number of hydrogen-bond acceptors (Lipinski definition) is 2. The molecular weight excluding hydrogens is 385 g/mol. The summed E-state index contributed by atoms with van der Waals surface area (Å²) in [6, 6.07) is 6.25. The van der Waals surface area contributed by atoms with Crippen LogP contribution in [0, 0.1) is 13.8 Å². The van der Waals surface area contributed by atoms with Crippen LogP contribution < -0.4 is 5.32 Å². The zero-order valence-corrected chi connectivity index (χ0v) is 15.7. The number of aromatic nitrogens is 1. The lowest BCUT2D eigenvalue weighted by molar-refractivity contribution is -0.0984. The van der Waals surface area contributed by atoms with Gasteiger partial charge in [-0.25, -0.2) is 4.79 Å². The van der Waals surface area contributed by atoms with Gasteiger partial charge in [0.15, 0.2) is 0 Å². The molecule has 1 atom stereocenters. The number of nitrogens with zero attached hydrogens (tertiary/aromatic N) is 1. The summed E-state index contributed by atoms with van der Waals surface area (Å²) in [4.78, 5) is 23.6. The third-order valence-electron chi connectivity index (χ3n) is 4.89. The Morgan fingerprint density at radius 2 is 1.83 bits per heavy atom. The minimum absolute atomic E-state index is 0.0815. The number of carbonyl (C=O) groups excluding carboxylic acids is 1. The molecule has 152 valence electrons. The van der Waals surface area contributed by atoms with Crippen LogP contribution in [0.15, 0.2) is 54.1 Å². The molecule has 1 aromatic heterocycles. The van der Waals surface area contributed by atoms with Gasteiger partial charge in [-0.2, -0.15) is 13.2 Å². The molecular formula is C21H19F3N2O3. The van der Waals surface area contributed by atoms with Gasteiger partial charge in [-0.15, -0.1) is 0 Å². The number of aromatic carboxylic acids is 1. The average molecular weight is 404 g/mol. The van der Waals surface area contributed by atoms with Crippen molar-refractivity contribution in [2.45, 2.75) is 32.5 Å². The van der Waals surface area contributed by atoms with Crippen molar-refractivity contribution in [2.75, 3.05) is 5.32 Å². The molecule has 2 N–H and O–H groups in total. The number of aryl methyl sites for hydroxylation is 1. The third-order valence-corrected chi connectivity index (χ3v) is 4.89. The second-order valence-electron chi connectivity index (χ2n) is 6.79. The molecule has 0 bridgehead atoms. The van der Waals surface area contributed by atoms with E-state index >= 15 is 0 Å². The summed E-state index contributed by atoms with van der Waals surface area (Å²) < 4.78 is 41.9. The van der Waals surface area contributed by atoms with Crippen LogP contribution in [0.25, 0.3) is 0 Å². The maximum atomic E-state index is 13.4. The zero-order chi connectivity index (χ0) is 21.3. The van der Waals surface area contributed by atoms with Crippen molar-refractivity contribution in [3.63, 3.8) is 0 Å². The minimum Gasteiger partial charge on any atom is -0.478 e. The molecule has 3 rings (SSSR count). The van der Waals surface area contributed by atoms with Crippen LogP contribution in [0.5, 0.6) is 0 Å². The van der Waals surface area contributed by atoms with Gasteiger partial charge in [0.05, 0.1) is 22.7 Å². The van der Waals surface area contributed by atoms with E-state index in [2.05, 4.69) is 5.32 Å². The Morgan fingerprint density at radius 1 is 1.17 bits per heavy atom. The number of anilines is 1. The predicted molar refractivity (Wildman–Crippen MR) is 102 cm³/mol. The van der Waals surface area contributed by atoms with Crippen molar-refractivity contribution in [1.82, 2.24) is 4.57 Å². The molecule has 1 aliphatic rings. The van der Waals surface area contributed by atoms with E-state index in [4.69, 9.17) is 5.11 Å². The largest absolute Gasteiger partial charge is 0.478 e. The lowest BCUT2D eigenvalue weighted by Crippen LogP contribution is -2.25. The van der Waals surface area contributed by atoms with Crippen LogP contribution in [-0.2, 0) is 0 Å². The molecule has 2 aromatic rings. The molecule has 0 saturated heterocycles. The van der Waals surface area contributed by atoms with E-state index in [0.717, 1.165) is 6.08 Å². The number of nitrogens with one attached hydrogen (secondary N) is 1. The molecule has 29 heavy (non-hydrogen) atoms. The molecule has 0 radical (unpaired) electrons. The second-order valence-corrected chi connectivity index (χ2v) is 6.79. The number of carbonyl (C=O) groups is 2. The molecule has 5 nitrogen and oxygen atoms in total. The van der Waals surface area contributed by atoms with Crippen molar-refractivity contribution < 1.29 is 27.9 Å². The first-order valence-corrected chi connectivity index (χ1v) is 8.86. The van der Waals surface area contributed by atoms with Crippen LogP contribution in [0.1, 0.15) is 44.6 Å². The van der Waals surface area contributed by atoms with Crippen molar-refractivity contribution in [2.24, 2.45) is 0 Å². The van der Waals surface area contributed by atoms with E-state index < -0.39 is 29.7 Å². The monoisotopic (exact) mass is 404 g/mol. The Balaban J connectivity index is 1.89. The second kappa shape index (κ2) is 7.62. The number of amides is 1. The Hall–Kier alpha value is -3.29. The predicted octanol–water partition coefficient (Wildman–Crippen LogP) is 5.05. The smallest absolute Gasteiger partial charge is 0.414 e. The van der Waals surface area contributed by atoms with Crippen LogP contribution in [0.3, 0.4) is 0 Å². The molecule has 0 aliphatic heterocycles. The number of alkyl halides is 3. The van der Waals surface area contributed by atoms with Crippen molar-refractivity contribution in [1.29, 1.82) is 0 Å². The van der Waals surface area contributed by atoms with Gasteiger partial charge in [0.25, 0.3) is 5.91 Å². The summed E-state index contributed by atoms with van der Waals surface area (Å²) in [5.41, 5.74) is 1.06.